The van der Waals surface area contributed by atoms with E-state index in [0.29, 0.717) is 0 Å². The molecule has 0 aromatic carbocycles. The molecule has 0 saturated carbocycles. The zero-order chi connectivity index (χ0) is 20.2. The van der Waals surface area contributed by atoms with Crippen molar-refractivity contribution < 1.29 is 43.2 Å². The number of halogens is 2. The van der Waals surface area contributed by atoms with Gasteiger partial charge in [0.25, 0.3) is 5.78 Å². The van der Waals surface area contributed by atoms with Gasteiger partial charge in [-0.05, 0) is 26.7 Å². The molecule has 0 heterocycles. The molecule has 0 fully saturated rings. The quantitative estimate of drug-likeness (QED) is 0.443. The van der Waals surface area contributed by atoms with E-state index >= 15 is 0 Å². The lowest BCUT2D eigenvalue weighted by atomic mass is 9.92. The summed E-state index contributed by atoms with van der Waals surface area (Å²) >= 11 is 0. The fraction of sp³-hybridized carbons (Fsp3) is 0.800. The minimum Gasteiger partial charge on any atom is -0.444 e. The van der Waals surface area contributed by atoms with Crippen molar-refractivity contribution in [1.29, 1.82) is 0 Å². The highest BCUT2D eigenvalue weighted by Gasteiger charge is 2.53. The molecule has 8 nitrogen and oxygen atoms in total. The van der Waals surface area contributed by atoms with E-state index in [1.807, 2.05) is 5.32 Å². The van der Waals surface area contributed by atoms with Crippen molar-refractivity contribution in [3.05, 3.63) is 0 Å². The van der Waals surface area contributed by atoms with Gasteiger partial charge < -0.3 is 25.4 Å². The van der Waals surface area contributed by atoms with Crippen LogP contribution in [0.25, 0.3) is 0 Å². The molecule has 0 aromatic rings. The Bertz CT molecular complexity index is 503. The van der Waals surface area contributed by atoms with E-state index in [9.17, 15) is 28.3 Å². The molecule has 3 atom stereocenters. The van der Waals surface area contributed by atoms with E-state index < -0.39 is 60.0 Å². The zero-order valence-corrected chi connectivity index (χ0v) is 14.7. The molecule has 0 rings (SSSR count). The number of hydrogen-bond donors (Lipinski definition) is 4. The first-order valence-corrected chi connectivity index (χ1v) is 7.58. The number of carbonyl (C=O) groups excluding carboxylic acids is 3. The van der Waals surface area contributed by atoms with Crippen LogP contribution in [0.5, 0.6) is 0 Å². The normalized spacial score (nSPS) is 16.1. The summed E-state index contributed by atoms with van der Waals surface area (Å²) in [6.07, 6.45) is -6.36. The van der Waals surface area contributed by atoms with Gasteiger partial charge >= 0.3 is 12.0 Å². The minimum absolute atomic E-state index is 0.736. The SMILES string of the molecule is CC(C)[C@H](NC(=O)OC(C)(C)C)C(=O)C(=O)C(F)(F)[C@H](O)[C@H](O)CO. The molecule has 0 aromatic heterocycles. The number of aliphatic hydroxyl groups is 3. The standard InChI is InChI=1S/C15H25F2NO7/c1-7(2)9(18-13(24)25-14(3,4)5)10(21)12(23)15(16,17)11(22)8(20)6-19/h7-9,11,19-20,22H,6H2,1-5H3,(H,18,24)/t8-,9+,11-/m1/s1. The molecular weight excluding hydrogens is 344 g/mol. The van der Waals surface area contributed by atoms with Crippen molar-refractivity contribution in [2.45, 2.75) is 64.4 Å². The number of ether oxygens (including phenoxy) is 1. The number of carbonyl (C=O) groups is 3. The van der Waals surface area contributed by atoms with Crippen LogP contribution in [0.3, 0.4) is 0 Å². The van der Waals surface area contributed by atoms with Crippen LogP contribution >= 0.6 is 0 Å². The minimum atomic E-state index is -4.64. The monoisotopic (exact) mass is 369 g/mol. The number of Topliss-reactive ketones (excluding diaryl/α,β-unsaturated/α-hetero) is 2. The van der Waals surface area contributed by atoms with Gasteiger partial charge in [-0.25, -0.2) is 4.79 Å². The first-order valence-electron chi connectivity index (χ1n) is 7.58. The van der Waals surface area contributed by atoms with Gasteiger partial charge in [0.15, 0.2) is 6.10 Å². The Labute approximate surface area is 144 Å². The molecular formula is C15H25F2NO7. The number of nitrogens with one attached hydrogen (secondary N) is 1. The molecule has 25 heavy (non-hydrogen) atoms. The van der Waals surface area contributed by atoms with Crippen molar-refractivity contribution in [1.82, 2.24) is 5.32 Å². The summed E-state index contributed by atoms with van der Waals surface area (Å²) in [6, 6.07) is -1.62. The number of alkyl halides is 2. The summed E-state index contributed by atoms with van der Waals surface area (Å²) in [5.74, 6) is -9.32. The fourth-order valence-electron chi connectivity index (χ4n) is 1.75. The third-order valence-electron chi connectivity index (χ3n) is 3.07. The molecule has 4 N–H and O–H groups in total. The largest absolute Gasteiger partial charge is 0.444 e. The van der Waals surface area contributed by atoms with Crippen LogP contribution < -0.4 is 5.32 Å². The van der Waals surface area contributed by atoms with Crippen LogP contribution in [0.2, 0.25) is 0 Å². The Hall–Kier alpha value is -1.65. The molecule has 0 bridgehead atoms. The fourth-order valence-corrected chi connectivity index (χ4v) is 1.75. The molecule has 0 unspecified atom stereocenters. The van der Waals surface area contributed by atoms with Crippen molar-refractivity contribution in [2.24, 2.45) is 5.92 Å². The first kappa shape index (κ1) is 23.4. The van der Waals surface area contributed by atoms with Crippen LogP contribution in [-0.4, -0.2) is 69.4 Å². The summed E-state index contributed by atoms with van der Waals surface area (Å²) in [4.78, 5) is 35.6. The van der Waals surface area contributed by atoms with Gasteiger partial charge in [0, 0.05) is 0 Å². The van der Waals surface area contributed by atoms with Crippen LogP contribution in [0.1, 0.15) is 34.6 Å². The number of ketones is 2. The summed E-state index contributed by atoms with van der Waals surface area (Å²) < 4.78 is 32.7. The van der Waals surface area contributed by atoms with E-state index in [4.69, 9.17) is 14.9 Å². The Morgan fingerprint density at radius 1 is 1.12 bits per heavy atom. The van der Waals surface area contributed by atoms with E-state index in [2.05, 4.69) is 0 Å². The second kappa shape index (κ2) is 8.63. The number of aliphatic hydroxyl groups excluding tert-OH is 3. The van der Waals surface area contributed by atoms with Crippen LogP contribution in [0.4, 0.5) is 13.6 Å². The van der Waals surface area contributed by atoms with Gasteiger partial charge in [-0.2, -0.15) is 8.78 Å². The number of amides is 1. The maximum Gasteiger partial charge on any atom is 0.408 e. The highest BCUT2D eigenvalue weighted by Crippen LogP contribution is 2.24. The Morgan fingerprint density at radius 2 is 1.60 bits per heavy atom. The Morgan fingerprint density at radius 3 is 1.96 bits per heavy atom. The van der Waals surface area contributed by atoms with Crippen molar-refractivity contribution in [3.63, 3.8) is 0 Å². The highest BCUT2D eigenvalue weighted by molar-refractivity contribution is 6.42. The predicted molar refractivity (Wildman–Crippen MR) is 82.1 cm³/mol. The van der Waals surface area contributed by atoms with Gasteiger partial charge in [0.1, 0.15) is 17.7 Å². The molecule has 0 saturated heterocycles. The van der Waals surface area contributed by atoms with Gasteiger partial charge in [0.05, 0.1) is 6.61 Å². The molecule has 0 aliphatic rings. The summed E-state index contributed by atoms with van der Waals surface area (Å²) in [6.45, 7) is 6.22. The van der Waals surface area contributed by atoms with Gasteiger partial charge in [0.2, 0.25) is 5.78 Å². The lowest BCUT2D eigenvalue weighted by Crippen LogP contribution is -2.57. The van der Waals surface area contributed by atoms with Crippen molar-refractivity contribution >= 4 is 17.7 Å². The van der Waals surface area contributed by atoms with Crippen LogP contribution in [-0.2, 0) is 14.3 Å². The van der Waals surface area contributed by atoms with E-state index in [-0.39, 0.29) is 0 Å². The molecule has 10 heteroatoms. The van der Waals surface area contributed by atoms with Crippen molar-refractivity contribution in [3.8, 4) is 0 Å². The second-order valence-corrected chi connectivity index (χ2v) is 6.88. The Balaban J connectivity index is 5.34. The summed E-state index contributed by atoms with van der Waals surface area (Å²) in [5, 5.41) is 29.0. The predicted octanol–water partition coefficient (Wildman–Crippen LogP) is 0.0233. The van der Waals surface area contributed by atoms with Gasteiger partial charge in [-0.1, -0.05) is 13.8 Å². The number of hydrogen-bond acceptors (Lipinski definition) is 7. The molecule has 146 valence electrons. The molecule has 0 aliphatic carbocycles. The van der Waals surface area contributed by atoms with Crippen LogP contribution in [0.15, 0.2) is 0 Å². The van der Waals surface area contributed by atoms with Gasteiger partial charge in [-0.3, -0.25) is 9.59 Å². The lowest BCUT2D eigenvalue weighted by Gasteiger charge is -2.27. The average Bonchev–Trinajstić information content (AvgIpc) is 2.47. The maximum absolute atomic E-state index is 13.9. The maximum atomic E-state index is 13.9. The summed E-state index contributed by atoms with van der Waals surface area (Å²) in [5.41, 5.74) is -0.913. The van der Waals surface area contributed by atoms with Gasteiger partial charge in [-0.15, -0.1) is 0 Å². The topological polar surface area (TPSA) is 133 Å². The van der Waals surface area contributed by atoms with Crippen LogP contribution in [0, 0.1) is 5.92 Å². The molecule has 1 amide bonds. The summed E-state index contributed by atoms with van der Waals surface area (Å²) in [7, 11) is 0. The van der Waals surface area contributed by atoms with E-state index in [1.54, 1.807) is 20.8 Å². The molecule has 0 spiro atoms. The van der Waals surface area contributed by atoms with E-state index in [0.717, 1.165) is 0 Å². The third-order valence-corrected chi connectivity index (χ3v) is 3.07. The average molecular weight is 369 g/mol. The molecule has 0 radical (unpaired) electrons. The van der Waals surface area contributed by atoms with Crippen molar-refractivity contribution in [2.75, 3.05) is 6.61 Å². The Kier molecular flexibility index (Phi) is 8.06. The second-order valence-electron chi connectivity index (χ2n) is 6.88. The lowest BCUT2D eigenvalue weighted by molar-refractivity contribution is -0.181. The highest BCUT2D eigenvalue weighted by atomic mass is 19.3. The third kappa shape index (κ3) is 6.63. The zero-order valence-electron chi connectivity index (χ0n) is 14.7. The smallest absolute Gasteiger partial charge is 0.408 e. The first-order chi connectivity index (χ1) is 11.1. The molecule has 0 aliphatic heterocycles. The van der Waals surface area contributed by atoms with E-state index in [1.165, 1.54) is 13.8 Å². The number of rotatable bonds is 8. The number of alkyl carbamates (subject to hydrolysis) is 1.